The fraction of sp³-hybridized carbons (Fsp3) is 0.389. The quantitative estimate of drug-likeness (QED) is 0.806. The number of benzene rings is 1. The van der Waals surface area contributed by atoms with E-state index in [1.54, 1.807) is 30.5 Å². The van der Waals surface area contributed by atoms with Crippen molar-refractivity contribution in [2.24, 2.45) is 5.41 Å². The maximum absolute atomic E-state index is 12.3. The standard InChI is InChI=1S/C18H21ClN2O2/c1-11-10-23-15-9-18(2,3)8-14(16(11)15)21-17(22)20-13-6-4-12(19)5-7-13/h4-7,10,14H,8-9H2,1-3H3,(H2,20,21,22). The SMILES string of the molecule is Cc1coc2c1C(NC(=O)Nc1ccc(Cl)cc1)CC(C)(C)C2. The number of rotatable bonds is 2. The summed E-state index contributed by atoms with van der Waals surface area (Å²) in [6.07, 6.45) is 3.55. The molecule has 1 aliphatic carbocycles. The summed E-state index contributed by atoms with van der Waals surface area (Å²) < 4.78 is 5.68. The Labute approximate surface area is 141 Å². The molecule has 1 heterocycles. The first-order valence-corrected chi connectivity index (χ1v) is 8.12. The Kier molecular flexibility index (Phi) is 4.11. The first-order valence-electron chi connectivity index (χ1n) is 7.74. The first-order chi connectivity index (χ1) is 10.8. The largest absolute Gasteiger partial charge is 0.469 e. The van der Waals surface area contributed by atoms with Crippen molar-refractivity contribution in [2.45, 2.75) is 39.7 Å². The maximum atomic E-state index is 12.3. The number of furan rings is 1. The first kappa shape index (κ1) is 15.9. The summed E-state index contributed by atoms with van der Waals surface area (Å²) in [6, 6.07) is 6.79. The van der Waals surface area contributed by atoms with Gasteiger partial charge in [0.1, 0.15) is 5.76 Å². The average Bonchev–Trinajstić information content (AvgIpc) is 2.81. The summed E-state index contributed by atoms with van der Waals surface area (Å²) in [7, 11) is 0. The lowest BCUT2D eigenvalue weighted by atomic mass is 9.74. The lowest BCUT2D eigenvalue weighted by Crippen LogP contribution is -2.38. The summed E-state index contributed by atoms with van der Waals surface area (Å²) in [5.74, 6) is 0.982. The van der Waals surface area contributed by atoms with Gasteiger partial charge >= 0.3 is 6.03 Å². The van der Waals surface area contributed by atoms with Crippen LogP contribution in [0, 0.1) is 12.3 Å². The maximum Gasteiger partial charge on any atom is 0.319 e. The molecule has 2 N–H and O–H groups in total. The minimum absolute atomic E-state index is 0.0419. The number of anilines is 1. The van der Waals surface area contributed by atoms with Crippen molar-refractivity contribution in [2.75, 3.05) is 5.32 Å². The second-order valence-corrected chi connectivity index (χ2v) is 7.40. The summed E-state index contributed by atoms with van der Waals surface area (Å²) >= 11 is 5.86. The Morgan fingerprint density at radius 3 is 2.70 bits per heavy atom. The smallest absolute Gasteiger partial charge is 0.319 e. The van der Waals surface area contributed by atoms with Gasteiger partial charge in [0, 0.05) is 22.7 Å². The second kappa shape index (κ2) is 5.93. The third kappa shape index (κ3) is 3.53. The number of fused-ring (bicyclic) bond motifs is 1. The second-order valence-electron chi connectivity index (χ2n) is 6.96. The highest BCUT2D eigenvalue weighted by molar-refractivity contribution is 6.30. The van der Waals surface area contributed by atoms with Crippen LogP contribution >= 0.6 is 11.6 Å². The molecular weight excluding hydrogens is 312 g/mol. The molecule has 1 aromatic heterocycles. The van der Waals surface area contributed by atoms with Crippen molar-refractivity contribution in [1.29, 1.82) is 0 Å². The Morgan fingerprint density at radius 2 is 2.00 bits per heavy atom. The third-order valence-corrected chi connectivity index (χ3v) is 4.51. The van der Waals surface area contributed by atoms with Crippen molar-refractivity contribution in [3.05, 3.63) is 52.4 Å². The van der Waals surface area contributed by atoms with Crippen molar-refractivity contribution in [3.8, 4) is 0 Å². The molecule has 0 spiro atoms. The van der Waals surface area contributed by atoms with Crippen molar-refractivity contribution >= 4 is 23.3 Å². The van der Waals surface area contributed by atoms with Gasteiger partial charge in [0.05, 0.1) is 12.3 Å². The van der Waals surface area contributed by atoms with Crippen molar-refractivity contribution in [1.82, 2.24) is 5.32 Å². The van der Waals surface area contributed by atoms with E-state index in [1.165, 1.54) is 0 Å². The van der Waals surface area contributed by atoms with Crippen molar-refractivity contribution < 1.29 is 9.21 Å². The van der Waals surface area contributed by atoms with Gasteiger partial charge in [0.25, 0.3) is 0 Å². The van der Waals surface area contributed by atoms with Crippen LogP contribution in [0.15, 0.2) is 34.9 Å². The number of carbonyl (C=O) groups is 1. The molecule has 4 nitrogen and oxygen atoms in total. The van der Waals surface area contributed by atoms with E-state index >= 15 is 0 Å². The Balaban J connectivity index is 1.75. The summed E-state index contributed by atoms with van der Waals surface area (Å²) in [5, 5.41) is 6.57. The van der Waals surface area contributed by atoms with Crippen LogP contribution < -0.4 is 10.6 Å². The van der Waals surface area contributed by atoms with Crippen LogP contribution in [0.2, 0.25) is 5.02 Å². The van der Waals surface area contributed by atoms with E-state index < -0.39 is 0 Å². The topological polar surface area (TPSA) is 54.3 Å². The lowest BCUT2D eigenvalue weighted by Gasteiger charge is -2.35. The fourth-order valence-electron chi connectivity index (χ4n) is 3.26. The minimum Gasteiger partial charge on any atom is -0.469 e. The van der Waals surface area contributed by atoms with Gasteiger partial charge in [0.2, 0.25) is 0 Å². The van der Waals surface area contributed by atoms with Gasteiger partial charge in [-0.15, -0.1) is 0 Å². The number of hydrogen-bond acceptors (Lipinski definition) is 2. The molecule has 0 bridgehead atoms. The molecule has 0 aliphatic heterocycles. The Morgan fingerprint density at radius 1 is 1.30 bits per heavy atom. The van der Waals surface area contributed by atoms with E-state index in [2.05, 4.69) is 24.5 Å². The molecular formula is C18H21ClN2O2. The molecule has 1 aliphatic rings. The number of urea groups is 1. The molecule has 1 aromatic carbocycles. The predicted octanol–water partition coefficient (Wildman–Crippen LogP) is 5.08. The number of carbonyl (C=O) groups excluding carboxylic acids is 1. The molecule has 2 amide bonds. The zero-order chi connectivity index (χ0) is 16.6. The van der Waals surface area contributed by atoms with Crippen LogP contribution in [0.5, 0.6) is 0 Å². The highest BCUT2D eigenvalue weighted by Gasteiger charge is 2.36. The van der Waals surface area contributed by atoms with Crippen LogP contribution in [0.4, 0.5) is 10.5 Å². The Hall–Kier alpha value is -1.94. The van der Waals surface area contributed by atoms with E-state index in [1.807, 2.05) is 6.92 Å². The van der Waals surface area contributed by atoms with Gasteiger partial charge in [-0.1, -0.05) is 25.4 Å². The van der Waals surface area contributed by atoms with E-state index in [0.717, 1.165) is 29.7 Å². The number of hydrogen-bond donors (Lipinski definition) is 2. The van der Waals surface area contributed by atoms with Gasteiger partial charge in [-0.2, -0.15) is 0 Å². The lowest BCUT2D eigenvalue weighted by molar-refractivity contribution is 0.222. The van der Waals surface area contributed by atoms with E-state index in [0.29, 0.717) is 10.7 Å². The van der Waals surface area contributed by atoms with Crippen LogP contribution in [0.25, 0.3) is 0 Å². The van der Waals surface area contributed by atoms with Crippen LogP contribution in [-0.4, -0.2) is 6.03 Å². The highest BCUT2D eigenvalue weighted by atomic mass is 35.5. The molecule has 1 atom stereocenters. The predicted molar refractivity (Wildman–Crippen MR) is 91.9 cm³/mol. The van der Waals surface area contributed by atoms with Crippen LogP contribution in [-0.2, 0) is 6.42 Å². The molecule has 1 unspecified atom stereocenters. The molecule has 23 heavy (non-hydrogen) atoms. The Bertz CT molecular complexity index is 719. The molecule has 3 rings (SSSR count). The molecule has 0 saturated heterocycles. The van der Waals surface area contributed by atoms with Gasteiger partial charge in [-0.25, -0.2) is 4.79 Å². The zero-order valence-corrected chi connectivity index (χ0v) is 14.3. The molecule has 122 valence electrons. The van der Waals surface area contributed by atoms with Crippen LogP contribution in [0.3, 0.4) is 0 Å². The number of aryl methyl sites for hydroxylation is 1. The van der Waals surface area contributed by atoms with Gasteiger partial charge in [0.15, 0.2) is 0 Å². The fourth-order valence-corrected chi connectivity index (χ4v) is 3.38. The normalized spacial score (nSPS) is 19.0. The molecule has 0 saturated carbocycles. The van der Waals surface area contributed by atoms with Gasteiger partial charge < -0.3 is 15.1 Å². The van der Waals surface area contributed by atoms with Crippen molar-refractivity contribution in [3.63, 3.8) is 0 Å². The zero-order valence-electron chi connectivity index (χ0n) is 13.6. The molecule has 5 heteroatoms. The van der Waals surface area contributed by atoms with Crippen LogP contribution in [0.1, 0.15) is 43.2 Å². The minimum atomic E-state index is -0.221. The number of amides is 2. The van der Waals surface area contributed by atoms with Gasteiger partial charge in [-0.3, -0.25) is 0 Å². The summed E-state index contributed by atoms with van der Waals surface area (Å²) in [5.41, 5.74) is 3.02. The number of nitrogens with one attached hydrogen (secondary N) is 2. The summed E-state index contributed by atoms with van der Waals surface area (Å²) in [6.45, 7) is 6.41. The molecule has 0 fully saturated rings. The number of halogens is 1. The summed E-state index contributed by atoms with van der Waals surface area (Å²) in [4.78, 5) is 12.3. The van der Waals surface area contributed by atoms with E-state index in [4.69, 9.17) is 16.0 Å². The van der Waals surface area contributed by atoms with E-state index in [-0.39, 0.29) is 17.5 Å². The highest BCUT2D eigenvalue weighted by Crippen LogP contribution is 2.42. The van der Waals surface area contributed by atoms with Gasteiger partial charge in [-0.05, 0) is 48.6 Å². The van der Waals surface area contributed by atoms with E-state index in [9.17, 15) is 4.79 Å². The molecule has 0 radical (unpaired) electrons. The third-order valence-electron chi connectivity index (χ3n) is 4.25. The monoisotopic (exact) mass is 332 g/mol. The molecule has 2 aromatic rings. The average molecular weight is 333 g/mol.